The van der Waals surface area contributed by atoms with Gasteiger partial charge in [0.25, 0.3) is 11.8 Å². The Bertz CT molecular complexity index is 1420. The Morgan fingerprint density at radius 2 is 1.70 bits per heavy atom. The Balaban J connectivity index is 1.53. The molecule has 3 aliphatic rings. The van der Waals surface area contributed by atoms with Crippen LogP contribution >= 0.6 is 0 Å². The average molecular weight is 592 g/mol. The minimum Gasteiger partial charge on any atom is -0.451 e. The molecule has 2 fully saturated rings. The number of ether oxygens (including phenoxy) is 2. The first-order valence-electron chi connectivity index (χ1n) is 15.1. The number of benzene rings is 1. The quantitative estimate of drug-likeness (QED) is 0.431. The van der Waals surface area contributed by atoms with Crippen LogP contribution < -0.4 is 16.1 Å². The first kappa shape index (κ1) is 30.6. The van der Waals surface area contributed by atoms with Crippen molar-refractivity contribution in [2.24, 2.45) is 11.3 Å². The van der Waals surface area contributed by atoms with Crippen LogP contribution in [0.25, 0.3) is 17.0 Å². The van der Waals surface area contributed by atoms with E-state index in [1.807, 2.05) is 49.4 Å². The van der Waals surface area contributed by atoms with Crippen molar-refractivity contribution in [3.8, 4) is 0 Å². The Kier molecular flexibility index (Phi) is 9.12. The number of nitrogens with one attached hydrogen (secondary N) is 3. The lowest BCUT2D eigenvalue weighted by Gasteiger charge is -2.36. The molecule has 1 aromatic carbocycles. The molecule has 0 unspecified atom stereocenters. The number of pyridine rings is 1. The number of carbonyl (C=O) groups is 4. The van der Waals surface area contributed by atoms with Crippen LogP contribution in [0.5, 0.6) is 0 Å². The molecule has 4 atom stereocenters. The summed E-state index contributed by atoms with van der Waals surface area (Å²) < 4.78 is 11.5. The van der Waals surface area contributed by atoms with Gasteiger partial charge in [0.05, 0.1) is 22.7 Å². The van der Waals surface area contributed by atoms with Crippen LogP contribution in [0.3, 0.4) is 0 Å². The van der Waals surface area contributed by atoms with Crippen LogP contribution in [0.1, 0.15) is 70.7 Å². The molecule has 0 radical (unpaired) electrons. The normalized spacial score (nSPS) is 27.2. The second kappa shape index (κ2) is 12.8. The minimum atomic E-state index is -1.09. The van der Waals surface area contributed by atoms with E-state index in [0.29, 0.717) is 51.1 Å². The predicted octanol–water partition coefficient (Wildman–Crippen LogP) is 2.80. The summed E-state index contributed by atoms with van der Waals surface area (Å²) in [6.45, 7) is 8.22. The summed E-state index contributed by atoms with van der Waals surface area (Å²) in [5, 5.41) is 8.10. The summed E-state index contributed by atoms with van der Waals surface area (Å²) in [4.78, 5) is 58.5. The number of hydrogen-bond donors (Lipinski definition) is 3. The van der Waals surface area contributed by atoms with Gasteiger partial charge in [-0.1, -0.05) is 44.2 Å². The molecule has 2 aromatic rings. The number of hydrazine groups is 1. The van der Waals surface area contributed by atoms with Crippen LogP contribution in [0.4, 0.5) is 0 Å². The van der Waals surface area contributed by atoms with Crippen molar-refractivity contribution in [3.63, 3.8) is 0 Å². The fourth-order valence-corrected chi connectivity index (χ4v) is 5.76. The van der Waals surface area contributed by atoms with E-state index >= 15 is 0 Å². The van der Waals surface area contributed by atoms with Gasteiger partial charge in [-0.05, 0) is 63.1 Å². The summed E-state index contributed by atoms with van der Waals surface area (Å²) in [6.07, 6.45) is 4.66. The predicted molar refractivity (Wildman–Crippen MR) is 160 cm³/mol. The van der Waals surface area contributed by atoms with Gasteiger partial charge >= 0.3 is 5.97 Å². The largest absolute Gasteiger partial charge is 0.451 e. The highest BCUT2D eigenvalue weighted by molar-refractivity contribution is 5.92. The zero-order chi connectivity index (χ0) is 30.7. The van der Waals surface area contributed by atoms with Gasteiger partial charge in [-0.25, -0.2) is 5.43 Å². The molecule has 0 aliphatic carbocycles. The molecule has 2 saturated heterocycles. The number of nitrogens with zero attached hydrogens (tertiary/aromatic N) is 2. The van der Waals surface area contributed by atoms with E-state index in [1.165, 1.54) is 5.01 Å². The van der Waals surface area contributed by atoms with Crippen molar-refractivity contribution >= 4 is 40.7 Å². The molecular formula is C32H41N5O6. The maximum Gasteiger partial charge on any atom is 0.316 e. The van der Waals surface area contributed by atoms with Crippen molar-refractivity contribution in [3.05, 3.63) is 47.7 Å². The van der Waals surface area contributed by atoms with Crippen molar-refractivity contribution in [2.75, 3.05) is 19.8 Å². The lowest BCUT2D eigenvalue weighted by Crippen LogP contribution is -2.61. The fraction of sp³-hybridized carbons (Fsp3) is 0.531. The summed E-state index contributed by atoms with van der Waals surface area (Å²) in [6, 6.07) is 7.85. The standard InChI is InChI=1S/C32H41N5O6/c1-19(2)27-29(39)34-21(4)30(40)37-15-5-6-25(36-37)28(38)33-20(3)24-10-9-23-8-7-22(18-26(23)35-24)11-12-32(31(41)43-27)13-16-42-17-14-32/h7-12,18-21,25,27,36H,5-6,13-17H2,1-4H3,(H,33,38)(H,34,39)/t20-,21+,25+,27+/m1/s1. The van der Waals surface area contributed by atoms with Gasteiger partial charge in [-0.3, -0.25) is 29.2 Å². The van der Waals surface area contributed by atoms with Gasteiger partial charge in [-0.2, -0.15) is 0 Å². The number of esters is 1. The molecule has 11 heteroatoms. The first-order chi connectivity index (χ1) is 20.6. The smallest absolute Gasteiger partial charge is 0.316 e. The van der Waals surface area contributed by atoms with E-state index in [-0.39, 0.29) is 23.8 Å². The number of hydrogen-bond acceptors (Lipinski definition) is 8. The zero-order valence-corrected chi connectivity index (χ0v) is 25.2. The van der Waals surface area contributed by atoms with Gasteiger partial charge in [-0.15, -0.1) is 0 Å². The third-order valence-corrected chi connectivity index (χ3v) is 8.52. The summed E-state index contributed by atoms with van der Waals surface area (Å²) in [7, 11) is 0. The molecule has 11 nitrogen and oxygen atoms in total. The second-order valence-corrected chi connectivity index (χ2v) is 12.1. The number of carbonyl (C=O) groups excluding carboxylic acids is 4. The molecule has 43 heavy (non-hydrogen) atoms. The molecule has 3 amide bonds. The third-order valence-electron chi connectivity index (χ3n) is 8.52. The van der Waals surface area contributed by atoms with Crippen LogP contribution in [-0.2, 0) is 28.7 Å². The number of amides is 3. The molecule has 3 N–H and O–H groups in total. The Labute approximate surface area is 251 Å². The van der Waals surface area contributed by atoms with E-state index in [2.05, 4.69) is 16.1 Å². The highest BCUT2D eigenvalue weighted by atomic mass is 16.6. The minimum absolute atomic E-state index is 0.236. The monoisotopic (exact) mass is 591 g/mol. The molecule has 1 aromatic heterocycles. The maximum atomic E-state index is 13.8. The van der Waals surface area contributed by atoms with Gasteiger partial charge in [0, 0.05) is 25.1 Å². The second-order valence-electron chi connectivity index (χ2n) is 12.1. The number of rotatable bonds is 1. The Morgan fingerprint density at radius 1 is 0.977 bits per heavy atom. The third kappa shape index (κ3) is 6.73. The zero-order valence-electron chi connectivity index (χ0n) is 25.2. The van der Waals surface area contributed by atoms with Gasteiger partial charge in [0.2, 0.25) is 5.91 Å². The molecule has 5 bridgehead atoms. The van der Waals surface area contributed by atoms with Crippen LogP contribution in [0, 0.1) is 11.3 Å². The van der Waals surface area contributed by atoms with Crippen LogP contribution in [0.15, 0.2) is 36.4 Å². The van der Waals surface area contributed by atoms with E-state index in [0.717, 1.165) is 16.5 Å². The topological polar surface area (TPSA) is 139 Å². The number of aromatic nitrogens is 1. The van der Waals surface area contributed by atoms with E-state index in [1.54, 1.807) is 20.8 Å². The number of fused-ring (bicyclic) bond motifs is 4. The molecule has 4 heterocycles. The van der Waals surface area contributed by atoms with Crippen LogP contribution in [0.2, 0.25) is 0 Å². The van der Waals surface area contributed by atoms with Gasteiger partial charge in [0.15, 0.2) is 6.10 Å². The van der Waals surface area contributed by atoms with Crippen molar-refractivity contribution in [1.82, 2.24) is 26.1 Å². The fourth-order valence-electron chi connectivity index (χ4n) is 5.76. The Hall–Kier alpha value is -3.83. The first-order valence-corrected chi connectivity index (χ1v) is 15.1. The van der Waals surface area contributed by atoms with E-state index in [9.17, 15) is 19.2 Å². The average Bonchev–Trinajstić information content (AvgIpc) is 3.01. The molecule has 3 aliphatic heterocycles. The summed E-state index contributed by atoms with van der Waals surface area (Å²) >= 11 is 0. The molecule has 1 spiro atoms. The highest BCUT2D eigenvalue weighted by Crippen LogP contribution is 2.35. The van der Waals surface area contributed by atoms with E-state index in [4.69, 9.17) is 14.5 Å². The summed E-state index contributed by atoms with van der Waals surface area (Å²) in [5.74, 6) is -1.99. The van der Waals surface area contributed by atoms with Crippen LogP contribution in [-0.4, -0.2) is 71.6 Å². The van der Waals surface area contributed by atoms with E-state index < -0.39 is 35.5 Å². The van der Waals surface area contributed by atoms with Gasteiger partial charge < -0.3 is 20.1 Å². The lowest BCUT2D eigenvalue weighted by molar-refractivity contribution is -0.170. The molecule has 230 valence electrons. The van der Waals surface area contributed by atoms with Gasteiger partial charge in [0.1, 0.15) is 12.1 Å². The van der Waals surface area contributed by atoms with Crippen molar-refractivity contribution < 1.29 is 28.7 Å². The summed E-state index contributed by atoms with van der Waals surface area (Å²) in [5.41, 5.74) is 4.39. The molecule has 0 saturated carbocycles. The molecular weight excluding hydrogens is 550 g/mol. The Morgan fingerprint density at radius 3 is 2.44 bits per heavy atom. The van der Waals surface area contributed by atoms with Crippen molar-refractivity contribution in [1.29, 1.82) is 0 Å². The highest BCUT2D eigenvalue weighted by Gasteiger charge is 2.42. The molecule has 5 rings (SSSR count). The number of cyclic esters (lactones) is 1. The maximum absolute atomic E-state index is 13.8. The SMILES string of the molecule is CC(C)[C@@H]1OC(=O)C2(C=Cc3ccc4ccc(nc4c3)[C@@H](C)NC(=O)[C@@H]3CCCN(N3)C(=O)[C@H](C)NC1=O)CCOCC2. The lowest BCUT2D eigenvalue weighted by atomic mass is 9.79. The van der Waals surface area contributed by atoms with Crippen molar-refractivity contribution in [2.45, 2.75) is 77.6 Å².